The van der Waals surface area contributed by atoms with Gasteiger partial charge in [-0.2, -0.15) is 0 Å². The summed E-state index contributed by atoms with van der Waals surface area (Å²) in [6.45, 7) is 11.9. The maximum atomic E-state index is 12.4. The van der Waals surface area contributed by atoms with Gasteiger partial charge < -0.3 is 20.8 Å². The summed E-state index contributed by atoms with van der Waals surface area (Å²) in [5, 5.41) is 28.7. The zero-order valence-corrected chi connectivity index (χ0v) is 23.9. The van der Waals surface area contributed by atoms with Crippen molar-refractivity contribution in [1.82, 2.24) is 15.2 Å². The second kappa shape index (κ2) is 11.0. The van der Waals surface area contributed by atoms with E-state index < -0.39 is 28.9 Å². The summed E-state index contributed by atoms with van der Waals surface area (Å²) < 4.78 is 0.857. The molecule has 10 nitrogen and oxygen atoms in total. The van der Waals surface area contributed by atoms with E-state index in [0.29, 0.717) is 23.7 Å². The van der Waals surface area contributed by atoms with Crippen LogP contribution in [0.25, 0.3) is 0 Å². The van der Waals surface area contributed by atoms with Gasteiger partial charge in [-0.3, -0.25) is 15.0 Å². The zero-order chi connectivity index (χ0) is 27.5. The van der Waals surface area contributed by atoms with Crippen molar-refractivity contribution in [3.8, 4) is 0 Å². The van der Waals surface area contributed by atoms with Gasteiger partial charge in [0.2, 0.25) is 11.7 Å². The molecule has 0 saturated carbocycles. The van der Waals surface area contributed by atoms with Crippen LogP contribution in [0.1, 0.15) is 59.7 Å². The molecule has 2 rings (SSSR count). The van der Waals surface area contributed by atoms with Crippen LogP contribution in [-0.4, -0.2) is 49.5 Å². The number of nitrogens with one attached hydrogen (secondary N) is 3. The quantitative estimate of drug-likeness (QED) is 0.247. The summed E-state index contributed by atoms with van der Waals surface area (Å²) in [7, 11) is 0. The van der Waals surface area contributed by atoms with E-state index in [1.165, 1.54) is 18.3 Å². The number of aryl methyl sites for hydroxylation is 2. The van der Waals surface area contributed by atoms with Crippen molar-refractivity contribution in [3.05, 3.63) is 39.3 Å². The fourth-order valence-corrected chi connectivity index (χ4v) is 5.39. The van der Waals surface area contributed by atoms with Gasteiger partial charge in [-0.15, -0.1) is 0 Å². The van der Waals surface area contributed by atoms with Crippen molar-refractivity contribution in [2.24, 2.45) is 5.41 Å². The minimum atomic E-state index is -1.67. The summed E-state index contributed by atoms with van der Waals surface area (Å²) in [4.78, 5) is 41.1. The Morgan fingerprint density at radius 1 is 1.03 bits per heavy atom. The van der Waals surface area contributed by atoms with E-state index >= 15 is 0 Å². The Labute approximate surface area is 223 Å². The lowest BCUT2D eigenvalue weighted by Crippen LogP contribution is -2.76. The van der Waals surface area contributed by atoms with Crippen molar-refractivity contribution in [3.63, 3.8) is 0 Å². The van der Waals surface area contributed by atoms with Crippen LogP contribution >= 0.6 is 27.3 Å². The van der Waals surface area contributed by atoms with E-state index in [2.05, 4.69) is 36.9 Å². The summed E-state index contributed by atoms with van der Waals surface area (Å²) in [6, 6.07) is 7.38. The smallest absolute Gasteiger partial charge is 0.411 e. The summed E-state index contributed by atoms with van der Waals surface area (Å²) in [5.74, 6) is -1.85. The summed E-state index contributed by atoms with van der Waals surface area (Å²) >= 11 is 4.85. The lowest BCUT2D eigenvalue weighted by molar-refractivity contribution is -0.114. The van der Waals surface area contributed by atoms with Gasteiger partial charge in [0.25, 0.3) is 0 Å². The first-order valence-corrected chi connectivity index (χ1v) is 12.9. The molecule has 36 heavy (non-hydrogen) atoms. The summed E-state index contributed by atoms with van der Waals surface area (Å²) in [6.07, 6.45) is -1.28. The third-order valence-electron chi connectivity index (χ3n) is 5.43. The van der Waals surface area contributed by atoms with E-state index in [4.69, 9.17) is 0 Å². The molecule has 3 amide bonds. The lowest BCUT2D eigenvalue weighted by Gasteiger charge is -2.55. The Bertz CT molecular complexity index is 1110. The predicted molar refractivity (Wildman–Crippen MR) is 145 cm³/mol. The molecular weight excluding hydrogens is 550 g/mol. The van der Waals surface area contributed by atoms with Gasteiger partial charge in [0.05, 0.1) is 9.48 Å². The average Bonchev–Trinajstić information content (AvgIpc) is 3.02. The fourth-order valence-electron chi connectivity index (χ4n) is 3.86. The molecule has 0 saturated heterocycles. The molecule has 0 radical (unpaired) electrons. The first-order valence-electron chi connectivity index (χ1n) is 11.3. The number of benzene rings is 1. The van der Waals surface area contributed by atoms with Crippen molar-refractivity contribution in [2.75, 3.05) is 10.6 Å². The normalized spacial score (nSPS) is 13.4. The first-order chi connectivity index (χ1) is 16.5. The number of hydrogen-bond donors (Lipinski definition) is 5. The number of anilines is 2. The molecule has 0 fully saturated rings. The van der Waals surface area contributed by atoms with E-state index in [1.807, 2.05) is 12.1 Å². The highest BCUT2D eigenvalue weighted by molar-refractivity contribution is 9.11. The highest BCUT2D eigenvalue weighted by Crippen LogP contribution is 2.39. The number of amides is 3. The van der Waals surface area contributed by atoms with Crippen LogP contribution < -0.4 is 16.0 Å². The topological polar surface area (TPSA) is 144 Å². The highest BCUT2D eigenvalue weighted by atomic mass is 79.9. The zero-order valence-electron chi connectivity index (χ0n) is 21.5. The molecule has 1 aromatic carbocycles. The van der Waals surface area contributed by atoms with Crippen LogP contribution in [0.15, 0.2) is 28.1 Å². The highest BCUT2D eigenvalue weighted by Gasteiger charge is 2.54. The molecule has 0 aliphatic rings. The van der Waals surface area contributed by atoms with Crippen molar-refractivity contribution in [2.45, 2.75) is 72.6 Å². The molecule has 2 aromatic rings. The van der Waals surface area contributed by atoms with Gasteiger partial charge in [-0.25, -0.2) is 14.6 Å². The lowest BCUT2D eigenvalue weighted by atomic mass is 9.82. The molecule has 198 valence electrons. The number of hydrogen-bond acceptors (Lipinski definition) is 6. The predicted octanol–water partition coefficient (Wildman–Crippen LogP) is 5.81. The Morgan fingerprint density at radius 3 is 2.06 bits per heavy atom. The molecule has 1 unspecified atom stereocenters. The van der Waals surface area contributed by atoms with Gasteiger partial charge in [-0.05, 0) is 67.2 Å². The third kappa shape index (κ3) is 7.10. The largest absolute Gasteiger partial charge is 0.465 e. The molecule has 1 aromatic heterocycles. The van der Waals surface area contributed by atoms with Crippen LogP contribution in [0.4, 0.5) is 20.4 Å². The van der Waals surface area contributed by atoms with E-state index in [0.717, 1.165) is 19.9 Å². The van der Waals surface area contributed by atoms with E-state index in [1.54, 1.807) is 53.7 Å². The fraction of sp³-hybridized carbons (Fsp3) is 0.500. The SMILES string of the molecule is CC(=O)Nc1nc(CCc2ccc(NC(NC(=O)O)(N(C(=O)O)C(C)(C)C)C(C)(C)C)cc2)c(Br)s1. The van der Waals surface area contributed by atoms with Gasteiger partial charge in [-0.1, -0.05) is 44.2 Å². The number of aromatic nitrogens is 1. The number of halogens is 1. The van der Waals surface area contributed by atoms with Crippen LogP contribution in [0, 0.1) is 5.41 Å². The number of carboxylic acid groups (broad SMARTS) is 2. The van der Waals surface area contributed by atoms with Crippen LogP contribution in [0.5, 0.6) is 0 Å². The number of rotatable bonds is 8. The molecule has 0 aliphatic carbocycles. The maximum absolute atomic E-state index is 12.4. The van der Waals surface area contributed by atoms with Crippen LogP contribution in [-0.2, 0) is 17.6 Å². The maximum Gasteiger partial charge on any atom is 0.411 e. The van der Waals surface area contributed by atoms with Gasteiger partial charge >= 0.3 is 12.2 Å². The number of carbonyl (C=O) groups excluding carboxylic acids is 1. The second-order valence-electron chi connectivity index (χ2n) is 10.4. The molecule has 12 heteroatoms. The number of carbonyl (C=O) groups is 3. The standard InChI is InChI=1S/C24H34BrN5O5S/c1-14(31)26-19-27-17(18(25)36-19)13-10-15-8-11-16(12-9-15)28-24(22(2,3)4,29-20(32)33)30(21(34)35)23(5,6)7/h8-9,11-12,28-29H,10,13H2,1-7H3,(H,32,33)(H,34,35)(H,26,27,31). The minimum Gasteiger partial charge on any atom is -0.465 e. The molecule has 1 atom stereocenters. The Hall–Kier alpha value is -2.86. The molecule has 0 aliphatic heterocycles. The monoisotopic (exact) mass is 583 g/mol. The van der Waals surface area contributed by atoms with Crippen LogP contribution in [0.2, 0.25) is 0 Å². The third-order valence-corrected chi connectivity index (χ3v) is 7.18. The average molecular weight is 585 g/mol. The van der Waals surface area contributed by atoms with Crippen molar-refractivity contribution in [1.29, 1.82) is 0 Å². The second-order valence-corrected chi connectivity index (χ2v) is 12.7. The Morgan fingerprint density at radius 2 is 1.61 bits per heavy atom. The van der Waals surface area contributed by atoms with Gasteiger partial charge in [0, 0.05) is 23.6 Å². The van der Waals surface area contributed by atoms with E-state index in [9.17, 15) is 24.6 Å². The number of nitrogens with zero attached hydrogens (tertiary/aromatic N) is 2. The Kier molecular flexibility index (Phi) is 9.00. The molecular formula is C24H34BrN5O5S. The molecule has 0 bridgehead atoms. The van der Waals surface area contributed by atoms with Crippen LogP contribution in [0.3, 0.4) is 0 Å². The van der Waals surface area contributed by atoms with Gasteiger partial charge in [0.15, 0.2) is 5.13 Å². The number of thiazole rings is 1. The molecule has 1 heterocycles. The Balaban J connectivity index is 2.32. The van der Waals surface area contributed by atoms with Crippen molar-refractivity contribution < 1.29 is 24.6 Å². The van der Waals surface area contributed by atoms with Gasteiger partial charge in [0.1, 0.15) is 0 Å². The molecule has 0 spiro atoms. The van der Waals surface area contributed by atoms with E-state index in [-0.39, 0.29) is 5.91 Å². The van der Waals surface area contributed by atoms with Crippen molar-refractivity contribution >= 4 is 56.2 Å². The minimum absolute atomic E-state index is 0.178. The summed E-state index contributed by atoms with van der Waals surface area (Å²) in [5.41, 5.74) is 0.607. The molecule has 5 N–H and O–H groups in total. The first kappa shape index (κ1) is 29.4.